The highest BCUT2D eigenvalue weighted by atomic mass is 35.5. The number of esters is 1. The first-order chi connectivity index (χ1) is 20.9. The van der Waals surface area contributed by atoms with Crippen molar-refractivity contribution in [3.63, 3.8) is 0 Å². The zero-order valence-corrected chi connectivity index (χ0v) is 25.8. The first kappa shape index (κ1) is 30.5. The summed E-state index contributed by atoms with van der Waals surface area (Å²) in [6.07, 6.45) is 7.81. The third-order valence-corrected chi connectivity index (χ3v) is 9.27. The van der Waals surface area contributed by atoms with Crippen LogP contribution in [0.25, 0.3) is 0 Å². The monoisotopic (exact) mass is 614 g/mol. The Morgan fingerprint density at radius 1 is 0.767 bits per heavy atom. The van der Waals surface area contributed by atoms with Crippen LogP contribution in [0.2, 0.25) is 0 Å². The lowest BCUT2D eigenvalue weighted by atomic mass is 9.96. The second-order valence-corrected chi connectivity index (χ2v) is 12.1. The maximum Gasteiger partial charge on any atom is 0.337 e. The molecule has 1 aromatic heterocycles. The van der Waals surface area contributed by atoms with Crippen molar-refractivity contribution in [1.82, 2.24) is 0 Å². The predicted molar refractivity (Wildman–Crippen MR) is 174 cm³/mol. The van der Waals surface area contributed by atoms with Crippen LogP contribution in [0.3, 0.4) is 0 Å². The van der Waals surface area contributed by atoms with Crippen LogP contribution < -0.4 is 10.6 Å². The lowest BCUT2D eigenvalue weighted by Crippen LogP contribution is -2.18. The lowest BCUT2D eigenvalue weighted by Gasteiger charge is -2.13. The van der Waals surface area contributed by atoms with Crippen molar-refractivity contribution in [3.8, 4) is 0 Å². The number of aryl methyl sites for hydroxylation is 3. The Morgan fingerprint density at radius 2 is 1.44 bits per heavy atom. The number of fused-ring (bicyclic) bond motifs is 1. The zero-order valence-electron chi connectivity index (χ0n) is 24.2. The summed E-state index contributed by atoms with van der Waals surface area (Å²) in [6, 6.07) is 22.5. The molecular weight excluding hydrogens is 580 g/mol. The molecule has 0 aliphatic heterocycles. The van der Waals surface area contributed by atoms with E-state index in [2.05, 4.69) is 10.6 Å². The molecule has 0 saturated carbocycles. The number of methoxy groups -OCH3 is 1. The zero-order chi connectivity index (χ0) is 30.2. The number of halogens is 1. The molecule has 8 heteroatoms. The SMILES string of the molecule is COC(=O)c1ccc(CCc2ccc(NC(=O)c3c(NC(=O)c4cccc(CCl)c4)sc4c3CCCCCC4)cc2)cc1. The van der Waals surface area contributed by atoms with Crippen molar-refractivity contribution in [2.24, 2.45) is 0 Å². The summed E-state index contributed by atoms with van der Waals surface area (Å²) in [4.78, 5) is 39.8. The average Bonchev–Trinajstić information content (AvgIpc) is 3.35. The molecule has 3 aromatic carbocycles. The van der Waals surface area contributed by atoms with Crippen LogP contribution in [0.1, 0.15) is 83.9 Å². The van der Waals surface area contributed by atoms with Gasteiger partial charge in [-0.15, -0.1) is 22.9 Å². The van der Waals surface area contributed by atoms with E-state index in [0.29, 0.717) is 33.3 Å². The molecule has 1 aliphatic carbocycles. The number of benzene rings is 3. The number of hydrogen-bond donors (Lipinski definition) is 2. The Bertz CT molecular complexity index is 1600. The Kier molecular flexibility index (Phi) is 10.3. The third kappa shape index (κ3) is 7.72. The quantitative estimate of drug-likeness (QED) is 0.147. The molecule has 0 bridgehead atoms. The number of nitrogens with one attached hydrogen (secondary N) is 2. The average molecular weight is 615 g/mol. The lowest BCUT2D eigenvalue weighted by molar-refractivity contribution is 0.0600. The van der Waals surface area contributed by atoms with Gasteiger partial charge in [0.2, 0.25) is 0 Å². The van der Waals surface area contributed by atoms with Crippen LogP contribution in [0.5, 0.6) is 0 Å². The predicted octanol–water partition coefficient (Wildman–Crippen LogP) is 8.22. The Balaban J connectivity index is 1.30. The van der Waals surface area contributed by atoms with Gasteiger partial charge in [0, 0.05) is 22.0 Å². The van der Waals surface area contributed by atoms with E-state index in [-0.39, 0.29) is 17.8 Å². The molecule has 1 aliphatic rings. The smallest absolute Gasteiger partial charge is 0.337 e. The number of ether oxygens (including phenoxy) is 1. The van der Waals surface area contributed by atoms with Crippen molar-refractivity contribution >= 4 is 51.4 Å². The van der Waals surface area contributed by atoms with Crippen molar-refractivity contribution < 1.29 is 19.1 Å². The third-order valence-electron chi connectivity index (χ3n) is 7.76. The van der Waals surface area contributed by atoms with Crippen LogP contribution in [0, 0.1) is 0 Å². The molecule has 1 heterocycles. The van der Waals surface area contributed by atoms with Gasteiger partial charge in [-0.05, 0) is 97.2 Å². The molecular formula is C35H35ClN2O4S. The molecule has 222 valence electrons. The van der Waals surface area contributed by atoms with E-state index in [1.807, 2.05) is 48.5 Å². The minimum Gasteiger partial charge on any atom is -0.465 e. The van der Waals surface area contributed by atoms with E-state index >= 15 is 0 Å². The van der Waals surface area contributed by atoms with E-state index in [1.165, 1.54) is 29.7 Å². The van der Waals surface area contributed by atoms with E-state index in [1.54, 1.807) is 24.3 Å². The first-order valence-electron chi connectivity index (χ1n) is 14.6. The summed E-state index contributed by atoms with van der Waals surface area (Å²) in [6.45, 7) is 0. The molecule has 6 nitrogen and oxygen atoms in total. The summed E-state index contributed by atoms with van der Waals surface area (Å²) in [5.41, 5.74) is 6.52. The van der Waals surface area contributed by atoms with Gasteiger partial charge in [0.1, 0.15) is 5.00 Å². The van der Waals surface area contributed by atoms with Gasteiger partial charge < -0.3 is 15.4 Å². The number of thiophene rings is 1. The molecule has 2 amide bonds. The van der Waals surface area contributed by atoms with Crippen LogP contribution in [0.4, 0.5) is 10.7 Å². The molecule has 0 radical (unpaired) electrons. The molecule has 4 aromatic rings. The van der Waals surface area contributed by atoms with Crippen LogP contribution >= 0.6 is 22.9 Å². The summed E-state index contributed by atoms with van der Waals surface area (Å²) in [7, 11) is 1.37. The molecule has 43 heavy (non-hydrogen) atoms. The van der Waals surface area contributed by atoms with E-state index in [0.717, 1.165) is 67.2 Å². The number of carbonyl (C=O) groups is 3. The van der Waals surface area contributed by atoms with Gasteiger partial charge in [0.15, 0.2) is 0 Å². The fraction of sp³-hybridized carbons (Fsp3) is 0.286. The van der Waals surface area contributed by atoms with Crippen molar-refractivity contribution in [2.45, 2.75) is 57.2 Å². The van der Waals surface area contributed by atoms with E-state index < -0.39 is 0 Å². The van der Waals surface area contributed by atoms with Gasteiger partial charge in [0.25, 0.3) is 11.8 Å². The van der Waals surface area contributed by atoms with Gasteiger partial charge in [-0.3, -0.25) is 9.59 Å². The van der Waals surface area contributed by atoms with Gasteiger partial charge >= 0.3 is 5.97 Å². The fourth-order valence-corrected chi connectivity index (χ4v) is 6.83. The number of hydrogen-bond acceptors (Lipinski definition) is 5. The highest BCUT2D eigenvalue weighted by molar-refractivity contribution is 7.17. The first-order valence-corrected chi connectivity index (χ1v) is 16.0. The highest BCUT2D eigenvalue weighted by Crippen LogP contribution is 2.38. The molecule has 2 N–H and O–H groups in total. The minimum absolute atomic E-state index is 0.207. The largest absolute Gasteiger partial charge is 0.465 e. The van der Waals surface area contributed by atoms with E-state index in [4.69, 9.17) is 16.3 Å². The summed E-state index contributed by atoms with van der Waals surface area (Å²) in [5.74, 6) is -0.476. The molecule has 0 saturated heterocycles. The summed E-state index contributed by atoms with van der Waals surface area (Å²) < 4.78 is 4.76. The molecule has 0 fully saturated rings. The highest BCUT2D eigenvalue weighted by Gasteiger charge is 2.26. The standard InChI is InChI=1S/C35H35ClN2O4S/c1-42-35(41)26-17-13-23(14-18-26)11-12-24-15-19-28(20-16-24)37-33(40)31-29-9-4-2-3-5-10-30(29)43-34(31)38-32(39)27-8-6-7-25(21-27)22-36/h6-8,13-21H,2-5,9-12,22H2,1H3,(H,37,40)(H,38,39). The molecule has 0 spiro atoms. The Hall–Kier alpha value is -3.94. The molecule has 0 atom stereocenters. The van der Waals surface area contributed by atoms with Gasteiger partial charge in [-0.2, -0.15) is 0 Å². The van der Waals surface area contributed by atoms with Crippen molar-refractivity contribution in [2.75, 3.05) is 17.7 Å². The normalized spacial score (nSPS) is 12.9. The molecule has 5 rings (SSSR count). The summed E-state index contributed by atoms with van der Waals surface area (Å²) in [5, 5.41) is 6.73. The molecule has 0 unspecified atom stereocenters. The second kappa shape index (κ2) is 14.5. The van der Waals surface area contributed by atoms with Gasteiger partial charge in [-0.25, -0.2) is 4.79 Å². The number of amides is 2. The number of carbonyl (C=O) groups excluding carboxylic acids is 3. The van der Waals surface area contributed by atoms with E-state index in [9.17, 15) is 14.4 Å². The fourth-order valence-electron chi connectivity index (χ4n) is 5.38. The van der Waals surface area contributed by atoms with Gasteiger partial charge in [-0.1, -0.05) is 49.2 Å². The summed E-state index contributed by atoms with van der Waals surface area (Å²) >= 11 is 7.51. The second-order valence-electron chi connectivity index (χ2n) is 10.7. The number of alkyl halides is 1. The number of anilines is 2. The Labute approximate surface area is 261 Å². The van der Waals surface area contributed by atoms with Crippen LogP contribution in [-0.2, 0) is 36.3 Å². The van der Waals surface area contributed by atoms with Crippen molar-refractivity contribution in [3.05, 3.63) is 117 Å². The Morgan fingerprint density at radius 3 is 2.12 bits per heavy atom. The minimum atomic E-state index is -0.343. The topological polar surface area (TPSA) is 84.5 Å². The maximum absolute atomic E-state index is 13.8. The van der Waals surface area contributed by atoms with Crippen molar-refractivity contribution in [1.29, 1.82) is 0 Å². The maximum atomic E-state index is 13.8. The van der Waals surface area contributed by atoms with Crippen LogP contribution in [0.15, 0.2) is 72.8 Å². The van der Waals surface area contributed by atoms with Gasteiger partial charge in [0.05, 0.1) is 18.2 Å². The number of rotatable bonds is 9. The van der Waals surface area contributed by atoms with Crippen LogP contribution in [-0.4, -0.2) is 24.9 Å².